The van der Waals surface area contributed by atoms with Crippen molar-refractivity contribution in [3.05, 3.63) is 15.7 Å². The van der Waals surface area contributed by atoms with Gasteiger partial charge in [-0.15, -0.1) is 0 Å². The number of halogens is 1. The van der Waals surface area contributed by atoms with Gasteiger partial charge in [-0.25, -0.2) is 4.98 Å². The van der Waals surface area contributed by atoms with Crippen LogP contribution >= 0.6 is 22.6 Å². The molecule has 1 aromatic heterocycles. The van der Waals surface area contributed by atoms with Gasteiger partial charge in [0.15, 0.2) is 0 Å². The van der Waals surface area contributed by atoms with Crippen LogP contribution in [0.3, 0.4) is 0 Å². The second-order valence-corrected chi connectivity index (χ2v) is 6.43. The molecule has 2 aliphatic heterocycles. The molecule has 0 bridgehead atoms. The Kier molecular flexibility index (Phi) is 4.95. The van der Waals surface area contributed by atoms with Gasteiger partial charge >= 0.3 is 0 Å². The molecule has 0 saturated carbocycles. The summed E-state index contributed by atoms with van der Waals surface area (Å²) in [6.07, 6.45) is 2.28. The van der Waals surface area contributed by atoms with E-state index in [1.807, 2.05) is 0 Å². The van der Waals surface area contributed by atoms with Crippen LogP contribution in [0.2, 0.25) is 0 Å². The van der Waals surface area contributed by atoms with Gasteiger partial charge in [0.25, 0.3) is 0 Å². The minimum Gasteiger partial charge on any atom is -0.379 e. The minimum atomic E-state index is 0.381. The third kappa shape index (κ3) is 3.73. The summed E-state index contributed by atoms with van der Waals surface area (Å²) in [5.74, 6) is 1.99. The molecule has 0 radical (unpaired) electrons. The number of pyridine rings is 1. The summed E-state index contributed by atoms with van der Waals surface area (Å²) in [4.78, 5) is 7.04. The summed E-state index contributed by atoms with van der Waals surface area (Å²) in [7, 11) is 0. The average molecular weight is 389 g/mol. The Hall–Kier alpha value is -0.600. The van der Waals surface area contributed by atoms with Gasteiger partial charge in [0.05, 0.1) is 25.9 Å². The van der Waals surface area contributed by atoms with Crippen LogP contribution in [0.15, 0.2) is 12.1 Å². The maximum Gasteiger partial charge on any atom is 0.132 e. The lowest BCUT2D eigenvalue weighted by atomic mass is 10.1. The molecule has 110 valence electrons. The number of hydrogen-bond acceptors (Lipinski definition) is 5. The summed E-state index contributed by atoms with van der Waals surface area (Å²) in [5.41, 5.74) is 0. The predicted molar refractivity (Wildman–Crippen MR) is 87.4 cm³/mol. The molecule has 20 heavy (non-hydrogen) atoms. The highest BCUT2D eigenvalue weighted by atomic mass is 127. The Morgan fingerprint density at radius 1 is 1.20 bits per heavy atom. The van der Waals surface area contributed by atoms with E-state index in [1.54, 1.807) is 0 Å². The SMILES string of the molecule is Ic1cc(N[C@H]2CCCOC2)nc(N2CCOCC2)c1. The highest BCUT2D eigenvalue weighted by molar-refractivity contribution is 14.1. The van der Waals surface area contributed by atoms with Crippen molar-refractivity contribution in [2.24, 2.45) is 0 Å². The lowest BCUT2D eigenvalue weighted by Gasteiger charge is -2.29. The molecule has 1 atom stereocenters. The summed E-state index contributed by atoms with van der Waals surface area (Å²) in [6, 6.07) is 4.61. The predicted octanol–water partition coefficient (Wildman–Crippen LogP) is 2.11. The Balaban J connectivity index is 1.71. The van der Waals surface area contributed by atoms with Crippen LogP contribution in [-0.4, -0.2) is 50.5 Å². The summed E-state index contributed by atoms with van der Waals surface area (Å²) >= 11 is 2.35. The van der Waals surface area contributed by atoms with Crippen LogP contribution in [0.25, 0.3) is 0 Å². The van der Waals surface area contributed by atoms with Gasteiger partial charge in [0, 0.05) is 23.3 Å². The van der Waals surface area contributed by atoms with Crippen LogP contribution in [0.5, 0.6) is 0 Å². The number of ether oxygens (including phenoxy) is 2. The van der Waals surface area contributed by atoms with E-state index in [9.17, 15) is 0 Å². The van der Waals surface area contributed by atoms with Crippen molar-refractivity contribution < 1.29 is 9.47 Å². The van der Waals surface area contributed by atoms with Crippen LogP contribution in [-0.2, 0) is 9.47 Å². The minimum absolute atomic E-state index is 0.381. The van der Waals surface area contributed by atoms with E-state index in [0.717, 1.165) is 64.0 Å². The number of rotatable bonds is 3. The van der Waals surface area contributed by atoms with Gasteiger partial charge in [0.1, 0.15) is 11.6 Å². The lowest BCUT2D eigenvalue weighted by Crippen LogP contribution is -2.37. The van der Waals surface area contributed by atoms with Crippen molar-refractivity contribution in [3.8, 4) is 0 Å². The van der Waals surface area contributed by atoms with Crippen molar-refractivity contribution in [2.45, 2.75) is 18.9 Å². The van der Waals surface area contributed by atoms with E-state index in [0.29, 0.717) is 6.04 Å². The zero-order chi connectivity index (χ0) is 13.8. The number of nitrogens with zero attached hydrogens (tertiary/aromatic N) is 2. The first kappa shape index (κ1) is 14.3. The smallest absolute Gasteiger partial charge is 0.132 e. The molecular weight excluding hydrogens is 369 g/mol. The summed E-state index contributed by atoms with van der Waals surface area (Å²) in [6.45, 7) is 5.06. The van der Waals surface area contributed by atoms with Crippen LogP contribution in [0, 0.1) is 3.57 Å². The molecule has 2 fully saturated rings. The molecule has 5 nitrogen and oxygen atoms in total. The molecule has 2 saturated heterocycles. The van der Waals surface area contributed by atoms with Gasteiger partial charge in [-0.2, -0.15) is 0 Å². The molecule has 1 aromatic rings. The molecule has 0 amide bonds. The van der Waals surface area contributed by atoms with Gasteiger partial charge < -0.3 is 19.7 Å². The second-order valence-electron chi connectivity index (χ2n) is 5.19. The second kappa shape index (κ2) is 6.91. The number of nitrogens with one attached hydrogen (secondary N) is 1. The van der Waals surface area contributed by atoms with Gasteiger partial charge in [-0.3, -0.25) is 0 Å². The molecule has 0 spiro atoms. The fourth-order valence-electron chi connectivity index (χ4n) is 2.58. The molecule has 0 aromatic carbocycles. The molecule has 0 unspecified atom stereocenters. The largest absolute Gasteiger partial charge is 0.379 e. The molecule has 3 rings (SSSR count). The number of morpholine rings is 1. The summed E-state index contributed by atoms with van der Waals surface area (Å²) in [5, 5.41) is 3.50. The van der Waals surface area contributed by atoms with E-state index >= 15 is 0 Å². The Bertz CT molecular complexity index is 446. The monoisotopic (exact) mass is 389 g/mol. The first-order chi connectivity index (χ1) is 9.81. The zero-order valence-corrected chi connectivity index (χ0v) is 13.6. The summed E-state index contributed by atoms with van der Waals surface area (Å²) < 4.78 is 12.1. The Morgan fingerprint density at radius 2 is 2.05 bits per heavy atom. The van der Waals surface area contributed by atoms with Crippen molar-refractivity contribution in [3.63, 3.8) is 0 Å². The maximum absolute atomic E-state index is 5.51. The molecule has 1 N–H and O–H groups in total. The maximum atomic E-state index is 5.51. The van der Waals surface area contributed by atoms with Gasteiger partial charge in [-0.05, 0) is 47.6 Å². The van der Waals surface area contributed by atoms with Crippen LogP contribution in [0.1, 0.15) is 12.8 Å². The van der Waals surface area contributed by atoms with E-state index < -0.39 is 0 Å². The topological polar surface area (TPSA) is 46.6 Å². The van der Waals surface area contributed by atoms with E-state index in [4.69, 9.17) is 14.5 Å². The first-order valence-corrected chi connectivity index (χ1v) is 8.24. The van der Waals surface area contributed by atoms with Crippen molar-refractivity contribution in [2.75, 3.05) is 49.7 Å². The van der Waals surface area contributed by atoms with Gasteiger partial charge in [0.2, 0.25) is 0 Å². The third-order valence-corrected chi connectivity index (χ3v) is 4.25. The lowest BCUT2D eigenvalue weighted by molar-refractivity contribution is 0.0875. The van der Waals surface area contributed by atoms with E-state index in [2.05, 4.69) is 44.9 Å². The van der Waals surface area contributed by atoms with E-state index in [1.165, 1.54) is 3.57 Å². The van der Waals surface area contributed by atoms with Crippen molar-refractivity contribution in [1.82, 2.24) is 4.98 Å². The molecule has 3 heterocycles. The standard InChI is InChI=1S/C14H20IN3O2/c15-11-8-13(16-12-2-1-5-20-10-12)17-14(9-11)18-3-6-19-7-4-18/h8-9,12H,1-7,10H2,(H,16,17)/t12-/m0/s1. The number of aromatic nitrogens is 1. The molecule has 6 heteroatoms. The highest BCUT2D eigenvalue weighted by Crippen LogP contribution is 2.22. The quantitative estimate of drug-likeness (QED) is 0.803. The van der Waals surface area contributed by atoms with E-state index in [-0.39, 0.29) is 0 Å². The fraction of sp³-hybridized carbons (Fsp3) is 0.643. The Morgan fingerprint density at radius 3 is 2.80 bits per heavy atom. The molecular formula is C14H20IN3O2. The van der Waals surface area contributed by atoms with Crippen LogP contribution < -0.4 is 10.2 Å². The molecule has 2 aliphatic rings. The van der Waals surface area contributed by atoms with Gasteiger partial charge in [-0.1, -0.05) is 0 Å². The van der Waals surface area contributed by atoms with Crippen molar-refractivity contribution >= 4 is 34.2 Å². The Labute approximate surface area is 133 Å². The number of hydrogen-bond donors (Lipinski definition) is 1. The normalized spacial score (nSPS) is 23.6. The van der Waals surface area contributed by atoms with Crippen molar-refractivity contribution in [1.29, 1.82) is 0 Å². The first-order valence-electron chi connectivity index (χ1n) is 7.16. The molecule has 0 aliphatic carbocycles. The highest BCUT2D eigenvalue weighted by Gasteiger charge is 2.17. The van der Waals surface area contributed by atoms with Crippen LogP contribution in [0.4, 0.5) is 11.6 Å². The fourth-order valence-corrected chi connectivity index (χ4v) is 3.15. The third-order valence-electron chi connectivity index (χ3n) is 3.62. The average Bonchev–Trinajstić information content (AvgIpc) is 2.49. The number of anilines is 2. The zero-order valence-electron chi connectivity index (χ0n) is 11.5.